The van der Waals surface area contributed by atoms with Crippen LogP contribution in [0.25, 0.3) is 0 Å². The van der Waals surface area contributed by atoms with Crippen molar-refractivity contribution in [2.24, 2.45) is 0 Å². The van der Waals surface area contributed by atoms with Gasteiger partial charge in [0.05, 0.1) is 0 Å². The third-order valence-corrected chi connectivity index (χ3v) is 4.90. The van der Waals surface area contributed by atoms with E-state index in [1.807, 2.05) is 18.2 Å². The van der Waals surface area contributed by atoms with Crippen molar-refractivity contribution < 1.29 is 0 Å². The summed E-state index contributed by atoms with van der Waals surface area (Å²) in [7, 11) is 0. The summed E-state index contributed by atoms with van der Waals surface area (Å²) >= 11 is 0. The highest BCUT2D eigenvalue weighted by Crippen LogP contribution is 2.13. The Balaban J connectivity index is 0.000000676. The molecule has 0 heterocycles. The molecule has 0 heteroatoms. The minimum absolute atomic E-state index is 1.32. The lowest BCUT2D eigenvalue weighted by Gasteiger charge is -2.03. The summed E-state index contributed by atoms with van der Waals surface area (Å²) in [5.74, 6) is 0. The molecule has 146 valence electrons. The Morgan fingerprint density at radius 3 is 0.920 bits per heavy atom. The maximum absolute atomic E-state index is 2.29. The smallest absolute Gasteiger partial charge is 0.0398 e. The van der Waals surface area contributed by atoms with Gasteiger partial charge in [0.1, 0.15) is 0 Å². The van der Waals surface area contributed by atoms with Crippen molar-refractivity contribution in [1.82, 2.24) is 0 Å². The fourth-order valence-corrected chi connectivity index (χ4v) is 3.16. The van der Waals surface area contributed by atoms with E-state index in [-0.39, 0.29) is 0 Å². The van der Waals surface area contributed by atoms with Gasteiger partial charge in [-0.15, -0.1) is 0 Å². The molecule has 0 aliphatic carbocycles. The average Bonchev–Trinajstić information content (AvgIpc) is 2.63. The second kappa shape index (κ2) is 21.3. The highest BCUT2D eigenvalue weighted by molar-refractivity contribution is 5.11. The molecule has 0 radical (unpaired) electrons. The second-order valence-corrected chi connectivity index (χ2v) is 7.60. The highest BCUT2D eigenvalue weighted by Gasteiger charge is 1.93. The number of hydrogen-bond acceptors (Lipinski definition) is 0. The van der Waals surface area contributed by atoms with Crippen LogP contribution in [0.1, 0.15) is 122 Å². The maximum atomic E-state index is 2.29. The van der Waals surface area contributed by atoms with Crippen molar-refractivity contribution >= 4 is 0 Å². The van der Waals surface area contributed by atoms with E-state index in [2.05, 4.69) is 32.9 Å². The molecule has 0 N–H and O–H groups in total. The Labute approximate surface area is 159 Å². The Morgan fingerprint density at radius 1 is 0.440 bits per heavy atom. The van der Waals surface area contributed by atoms with Gasteiger partial charge < -0.3 is 0 Å². The molecule has 1 aromatic rings. The normalized spacial score (nSPS) is 10.4. The van der Waals surface area contributed by atoms with E-state index >= 15 is 0 Å². The molecule has 0 saturated heterocycles. The number of hydrogen-bond donors (Lipinski definition) is 0. The first-order valence-corrected chi connectivity index (χ1v) is 11.3. The van der Waals surface area contributed by atoms with Crippen LogP contribution in [0, 0.1) is 6.92 Å². The Bertz CT molecular complexity index is 311. The molecule has 0 saturated carbocycles. The van der Waals surface area contributed by atoms with E-state index in [1.54, 1.807) is 0 Å². The molecule has 0 atom stereocenters. The Kier molecular flexibility index (Phi) is 20.6. The zero-order chi connectivity index (χ0) is 18.4. The molecule has 0 spiro atoms. The van der Waals surface area contributed by atoms with Gasteiger partial charge in [0.25, 0.3) is 0 Å². The monoisotopic (exact) mass is 346 g/mol. The molecule has 1 aromatic carbocycles. The van der Waals surface area contributed by atoms with E-state index in [0.29, 0.717) is 0 Å². The van der Waals surface area contributed by atoms with E-state index in [0.717, 1.165) is 0 Å². The number of rotatable bonds is 15. The van der Waals surface area contributed by atoms with Crippen LogP contribution in [0.3, 0.4) is 0 Å². The van der Waals surface area contributed by atoms with Gasteiger partial charge in [0.2, 0.25) is 0 Å². The molecular weight excluding hydrogens is 300 g/mol. The van der Waals surface area contributed by atoms with Crippen LogP contribution in [0.4, 0.5) is 0 Å². The molecular formula is C25H46. The van der Waals surface area contributed by atoms with Crippen LogP contribution >= 0.6 is 0 Å². The Morgan fingerprint density at radius 2 is 0.720 bits per heavy atom. The molecule has 1 rings (SSSR count). The molecule has 25 heavy (non-hydrogen) atoms. The number of unbranched alkanes of at least 4 members (excludes halogenated alkanes) is 15. The molecule has 0 amide bonds. The molecule has 0 aromatic heterocycles. The van der Waals surface area contributed by atoms with Crippen molar-refractivity contribution in [3.63, 3.8) is 0 Å². The standard InChI is InChI=1S/C18H38.C7H8/c1-3-5-7-9-11-13-15-17-18-16-14-12-10-8-6-4-2;1-7-5-3-2-4-6-7/h3-18H2,1-2H3;2-6H,1H3. The van der Waals surface area contributed by atoms with Gasteiger partial charge >= 0.3 is 0 Å². The Hall–Kier alpha value is -0.780. The number of aryl methyl sites for hydroxylation is 1. The van der Waals surface area contributed by atoms with Crippen molar-refractivity contribution in [3.8, 4) is 0 Å². The lowest BCUT2D eigenvalue weighted by molar-refractivity contribution is 0.531. The summed E-state index contributed by atoms with van der Waals surface area (Å²) in [5, 5.41) is 0. The van der Waals surface area contributed by atoms with Crippen molar-refractivity contribution in [3.05, 3.63) is 35.9 Å². The van der Waals surface area contributed by atoms with Crippen LogP contribution in [-0.2, 0) is 0 Å². The summed E-state index contributed by atoms with van der Waals surface area (Å²) in [6.07, 6.45) is 23.4. The lowest BCUT2D eigenvalue weighted by Crippen LogP contribution is -1.83. The second-order valence-electron chi connectivity index (χ2n) is 7.60. The first-order valence-electron chi connectivity index (χ1n) is 11.3. The van der Waals surface area contributed by atoms with Crippen LogP contribution in [0.2, 0.25) is 0 Å². The quantitative estimate of drug-likeness (QED) is 0.277. The maximum Gasteiger partial charge on any atom is -0.0398 e. The van der Waals surface area contributed by atoms with Gasteiger partial charge in [-0.1, -0.05) is 152 Å². The van der Waals surface area contributed by atoms with Crippen molar-refractivity contribution in [2.75, 3.05) is 0 Å². The molecule has 0 nitrogen and oxygen atoms in total. The van der Waals surface area contributed by atoms with Crippen LogP contribution < -0.4 is 0 Å². The minimum atomic E-state index is 1.32. The predicted octanol–water partition coefficient (Wildman–Crippen LogP) is 9.26. The van der Waals surface area contributed by atoms with Gasteiger partial charge in [0, 0.05) is 0 Å². The summed E-state index contributed by atoms with van der Waals surface area (Å²) in [6.45, 7) is 6.67. The predicted molar refractivity (Wildman–Crippen MR) is 116 cm³/mol. The van der Waals surface area contributed by atoms with Gasteiger partial charge in [-0.2, -0.15) is 0 Å². The third kappa shape index (κ3) is 21.2. The first-order chi connectivity index (χ1) is 12.3. The fourth-order valence-electron chi connectivity index (χ4n) is 3.16. The zero-order valence-corrected chi connectivity index (χ0v) is 17.7. The SMILES string of the molecule is CCCCCCCCCCCCCCCCCC.Cc1ccccc1. The molecule has 0 unspecified atom stereocenters. The van der Waals surface area contributed by atoms with Gasteiger partial charge in [-0.25, -0.2) is 0 Å². The topological polar surface area (TPSA) is 0 Å². The van der Waals surface area contributed by atoms with Crippen molar-refractivity contribution in [1.29, 1.82) is 0 Å². The minimum Gasteiger partial charge on any atom is -0.0654 e. The van der Waals surface area contributed by atoms with E-state index in [9.17, 15) is 0 Å². The molecule has 0 aliphatic heterocycles. The fraction of sp³-hybridized carbons (Fsp3) is 0.760. The molecule has 0 bridgehead atoms. The van der Waals surface area contributed by atoms with E-state index < -0.39 is 0 Å². The van der Waals surface area contributed by atoms with Gasteiger partial charge in [0.15, 0.2) is 0 Å². The highest BCUT2D eigenvalue weighted by atomic mass is 14.0. The van der Waals surface area contributed by atoms with Gasteiger partial charge in [-0.05, 0) is 6.92 Å². The van der Waals surface area contributed by atoms with Crippen molar-refractivity contribution in [2.45, 2.75) is 124 Å². The van der Waals surface area contributed by atoms with E-state index in [1.165, 1.54) is 108 Å². The lowest BCUT2D eigenvalue weighted by atomic mass is 10.0. The molecule has 0 aliphatic rings. The summed E-state index contributed by atoms with van der Waals surface area (Å²) < 4.78 is 0. The molecule has 0 fully saturated rings. The zero-order valence-electron chi connectivity index (χ0n) is 17.7. The number of benzene rings is 1. The van der Waals surface area contributed by atoms with Crippen LogP contribution in [-0.4, -0.2) is 0 Å². The van der Waals surface area contributed by atoms with E-state index in [4.69, 9.17) is 0 Å². The van der Waals surface area contributed by atoms with Crippen LogP contribution in [0.15, 0.2) is 30.3 Å². The average molecular weight is 347 g/mol. The summed E-state index contributed by atoms with van der Waals surface area (Å²) in [6, 6.07) is 10.3. The summed E-state index contributed by atoms with van der Waals surface area (Å²) in [4.78, 5) is 0. The van der Waals surface area contributed by atoms with Gasteiger partial charge in [-0.3, -0.25) is 0 Å². The summed E-state index contributed by atoms with van der Waals surface area (Å²) in [5.41, 5.74) is 1.32. The largest absolute Gasteiger partial charge is 0.0654 e. The third-order valence-electron chi connectivity index (χ3n) is 4.90. The first kappa shape index (κ1) is 24.2. The van der Waals surface area contributed by atoms with Crippen LogP contribution in [0.5, 0.6) is 0 Å².